The largest absolute Gasteiger partial charge is 0.497 e. The van der Waals surface area contributed by atoms with Crippen LogP contribution >= 0.6 is 0 Å². The first-order chi connectivity index (χ1) is 9.31. The number of hydrogen-bond donors (Lipinski definition) is 1. The minimum absolute atomic E-state index is 0.362. The maximum Gasteiger partial charge on any atom is 0.122 e. The molecule has 1 N–H and O–H groups in total. The van der Waals surface area contributed by atoms with Crippen molar-refractivity contribution < 1.29 is 14.2 Å². The second kappa shape index (κ2) is 7.36. The van der Waals surface area contributed by atoms with Gasteiger partial charge in [-0.05, 0) is 37.0 Å². The highest BCUT2D eigenvalue weighted by Crippen LogP contribution is 2.22. The Kier molecular flexibility index (Phi) is 5.48. The minimum Gasteiger partial charge on any atom is -0.497 e. The second-order valence-electron chi connectivity index (χ2n) is 4.84. The summed E-state index contributed by atoms with van der Waals surface area (Å²) in [5.74, 6) is 1.65. The predicted molar refractivity (Wildman–Crippen MR) is 74.8 cm³/mol. The van der Waals surface area contributed by atoms with Gasteiger partial charge in [0.2, 0.25) is 0 Å². The molecule has 1 fully saturated rings. The van der Waals surface area contributed by atoms with Crippen molar-refractivity contribution in [1.29, 1.82) is 0 Å². The summed E-state index contributed by atoms with van der Waals surface area (Å²) in [5, 5.41) is 3.44. The molecule has 1 aliphatic heterocycles. The van der Waals surface area contributed by atoms with Crippen molar-refractivity contribution in [3.05, 3.63) is 23.8 Å². The lowest BCUT2D eigenvalue weighted by Gasteiger charge is -2.22. The van der Waals surface area contributed by atoms with Crippen molar-refractivity contribution in [3.8, 4) is 11.5 Å². The molecule has 0 amide bonds. The Balaban J connectivity index is 1.84. The first kappa shape index (κ1) is 14.2. The van der Waals surface area contributed by atoms with Crippen molar-refractivity contribution in [1.82, 2.24) is 5.32 Å². The summed E-state index contributed by atoms with van der Waals surface area (Å²) in [7, 11) is 3.34. The Morgan fingerprint density at radius 1 is 1.16 bits per heavy atom. The number of ether oxygens (including phenoxy) is 3. The fraction of sp³-hybridized carbons (Fsp3) is 0.600. The lowest BCUT2D eigenvalue weighted by molar-refractivity contribution is 0.0168. The molecule has 1 saturated heterocycles. The molecule has 1 heterocycles. The molecule has 4 heteroatoms. The fourth-order valence-corrected chi connectivity index (χ4v) is 2.31. The van der Waals surface area contributed by atoms with Gasteiger partial charge in [-0.15, -0.1) is 0 Å². The summed E-state index contributed by atoms with van der Waals surface area (Å²) in [4.78, 5) is 0. The van der Waals surface area contributed by atoms with Crippen molar-refractivity contribution in [3.63, 3.8) is 0 Å². The van der Waals surface area contributed by atoms with Crippen LogP contribution in [0.3, 0.4) is 0 Å². The first-order valence-corrected chi connectivity index (χ1v) is 6.86. The standard InChI is InChI=1S/C15H23NO3/c1-17-14-7-12(8-15(9-14)18-2)10-16-11-13-5-3-4-6-19-13/h7-9,13,16H,3-6,10-11H2,1-2H3. The van der Waals surface area contributed by atoms with Crippen LogP contribution in [-0.2, 0) is 11.3 Å². The van der Waals surface area contributed by atoms with Crippen LogP contribution in [0.5, 0.6) is 11.5 Å². The van der Waals surface area contributed by atoms with Crippen molar-refractivity contribution in [2.45, 2.75) is 31.9 Å². The Labute approximate surface area is 115 Å². The van der Waals surface area contributed by atoms with E-state index in [9.17, 15) is 0 Å². The molecule has 1 unspecified atom stereocenters. The van der Waals surface area contributed by atoms with E-state index in [1.807, 2.05) is 18.2 Å². The van der Waals surface area contributed by atoms with Crippen LogP contribution in [0.4, 0.5) is 0 Å². The van der Waals surface area contributed by atoms with E-state index in [0.29, 0.717) is 6.10 Å². The summed E-state index contributed by atoms with van der Waals surface area (Å²) >= 11 is 0. The van der Waals surface area contributed by atoms with E-state index in [1.54, 1.807) is 14.2 Å². The molecule has 1 aromatic carbocycles. The third kappa shape index (κ3) is 4.40. The lowest BCUT2D eigenvalue weighted by Crippen LogP contribution is -2.31. The second-order valence-corrected chi connectivity index (χ2v) is 4.84. The van der Waals surface area contributed by atoms with Gasteiger partial charge in [0.25, 0.3) is 0 Å². The highest BCUT2D eigenvalue weighted by Gasteiger charge is 2.13. The zero-order valence-electron chi connectivity index (χ0n) is 11.8. The average Bonchev–Trinajstić information content (AvgIpc) is 2.48. The Morgan fingerprint density at radius 3 is 2.47 bits per heavy atom. The number of benzene rings is 1. The van der Waals surface area contributed by atoms with E-state index in [-0.39, 0.29) is 0 Å². The van der Waals surface area contributed by atoms with Crippen LogP contribution in [0.1, 0.15) is 24.8 Å². The number of methoxy groups -OCH3 is 2. The third-order valence-corrected chi connectivity index (χ3v) is 3.39. The summed E-state index contributed by atoms with van der Waals surface area (Å²) in [5.41, 5.74) is 1.16. The molecular formula is C15H23NO3. The molecule has 0 aromatic heterocycles. The smallest absolute Gasteiger partial charge is 0.122 e. The van der Waals surface area contributed by atoms with Gasteiger partial charge in [0.15, 0.2) is 0 Å². The Bertz CT molecular complexity index is 367. The lowest BCUT2D eigenvalue weighted by atomic mass is 10.1. The van der Waals surface area contributed by atoms with Crippen molar-refractivity contribution in [2.75, 3.05) is 27.4 Å². The molecule has 0 saturated carbocycles. The van der Waals surface area contributed by atoms with E-state index in [4.69, 9.17) is 14.2 Å². The number of hydrogen-bond acceptors (Lipinski definition) is 4. The van der Waals surface area contributed by atoms with Gasteiger partial charge < -0.3 is 19.5 Å². The molecule has 0 spiro atoms. The molecule has 0 aliphatic carbocycles. The van der Waals surface area contributed by atoms with Gasteiger partial charge in [-0.3, -0.25) is 0 Å². The molecule has 2 rings (SSSR count). The van der Waals surface area contributed by atoms with Gasteiger partial charge in [-0.25, -0.2) is 0 Å². The zero-order valence-corrected chi connectivity index (χ0v) is 11.8. The maximum absolute atomic E-state index is 5.69. The first-order valence-electron chi connectivity index (χ1n) is 6.86. The van der Waals surface area contributed by atoms with Crippen LogP contribution in [0, 0.1) is 0 Å². The van der Waals surface area contributed by atoms with Gasteiger partial charge in [0.05, 0.1) is 20.3 Å². The molecule has 1 atom stereocenters. The third-order valence-electron chi connectivity index (χ3n) is 3.39. The maximum atomic E-state index is 5.69. The highest BCUT2D eigenvalue weighted by atomic mass is 16.5. The SMILES string of the molecule is COc1cc(CNCC2CCCCO2)cc(OC)c1. The van der Waals surface area contributed by atoms with Crippen LogP contribution in [-0.4, -0.2) is 33.5 Å². The van der Waals surface area contributed by atoms with E-state index in [1.165, 1.54) is 12.8 Å². The molecule has 106 valence electrons. The molecule has 4 nitrogen and oxygen atoms in total. The van der Waals surface area contributed by atoms with Crippen molar-refractivity contribution >= 4 is 0 Å². The molecule has 0 radical (unpaired) electrons. The van der Waals surface area contributed by atoms with Gasteiger partial charge in [-0.1, -0.05) is 0 Å². The summed E-state index contributed by atoms with van der Waals surface area (Å²) < 4.78 is 16.2. The van der Waals surface area contributed by atoms with Crippen molar-refractivity contribution in [2.24, 2.45) is 0 Å². The van der Waals surface area contributed by atoms with Crippen LogP contribution in [0.2, 0.25) is 0 Å². The number of nitrogens with one attached hydrogen (secondary N) is 1. The molecule has 0 bridgehead atoms. The van der Waals surface area contributed by atoms with Gasteiger partial charge >= 0.3 is 0 Å². The van der Waals surface area contributed by atoms with Gasteiger partial charge in [-0.2, -0.15) is 0 Å². The summed E-state index contributed by atoms with van der Waals surface area (Å²) in [6, 6.07) is 5.93. The number of rotatable bonds is 6. The molecule has 19 heavy (non-hydrogen) atoms. The Hall–Kier alpha value is -1.26. The van der Waals surface area contributed by atoms with Gasteiger partial charge in [0.1, 0.15) is 11.5 Å². The van der Waals surface area contributed by atoms with E-state index < -0.39 is 0 Å². The quantitative estimate of drug-likeness (QED) is 0.857. The summed E-state index contributed by atoms with van der Waals surface area (Å²) in [6.07, 6.45) is 4.00. The minimum atomic E-state index is 0.362. The molecular weight excluding hydrogens is 242 g/mol. The molecule has 1 aromatic rings. The van der Waals surface area contributed by atoms with Crippen LogP contribution in [0.25, 0.3) is 0 Å². The zero-order chi connectivity index (χ0) is 13.5. The van der Waals surface area contributed by atoms with E-state index in [0.717, 1.165) is 43.2 Å². The van der Waals surface area contributed by atoms with Gasteiger partial charge in [0, 0.05) is 25.8 Å². The fourth-order valence-electron chi connectivity index (χ4n) is 2.31. The molecule has 1 aliphatic rings. The Morgan fingerprint density at radius 2 is 1.89 bits per heavy atom. The summed E-state index contributed by atoms with van der Waals surface area (Å²) in [6.45, 7) is 2.60. The monoisotopic (exact) mass is 265 g/mol. The van der Waals surface area contributed by atoms with Crippen LogP contribution in [0.15, 0.2) is 18.2 Å². The topological polar surface area (TPSA) is 39.7 Å². The average molecular weight is 265 g/mol. The normalized spacial score (nSPS) is 19.2. The van der Waals surface area contributed by atoms with E-state index in [2.05, 4.69) is 5.32 Å². The van der Waals surface area contributed by atoms with Crippen LogP contribution < -0.4 is 14.8 Å². The van der Waals surface area contributed by atoms with E-state index >= 15 is 0 Å². The predicted octanol–water partition coefficient (Wildman–Crippen LogP) is 2.36. The highest BCUT2D eigenvalue weighted by molar-refractivity contribution is 5.38.